The van der Waals surface area contributed by atoms with Gasteiger partial charge in [0.2, 0.25) is 5.91 Å². The smallest absolute Gasteiger partial charge is 0.242 e. The van der Waals surface area contributed by atoms with Gasteiger partial charge in [-0.1, -0.05) is 54.2 Å². The molecule has 0 spiro atoms. The number of pyridine rings is 1. The standard InChI is InChI=1S/C24H21N5OS/c1-2-16-28-23(19-10-9-15-25-17-19)26-27-24(28)31-18-22(30)29(20-11-5-3-6-12-20)21-13-7-4-8-14-21/h2-15,17H,1,16,18H2. The van der Waals surface area contributed by atoms with Crippen LogP contribution in [0, 0.1) is 0 Å². The monoisotopic (exact) mass is 427 g/mol. The molecule has 4 aromatic rings. The summed E-state index contributed by atoms with van der Waals surface area (Å²) in [5.41, 5.74) is 2.51. The second-order valence-corrected chi connectivity index (χ2v) is 7.58. The van der Waals surface area contributed by atoms with Crippen LogP contribution in [0.15, 0.2) is 103 Å². The summed E-state index contributed by atoms with van der Waals surface area (Å²) in [6.07, 6.45) is 5.25. The van der Waals surface area contributed by atoms with Crippen LogP contribution in [0.4, 0.5) is 11.4 Å². The maximum Gasteiger partial charge on any atom is 0.242 e. The first-order valence-corrected chi connectivity index (χ1v) is 10.8. The zero-order chi connectivity index (χ0) is 21.5. The Morgan fingerprint density at radius 1 is 0.968 bits per heavy atom. The molecule has 2 heterocycles. The molecule has 0 aliphatic heterocycles. The molecule has 0 saturated carbocycles. The Bertz CT molecular complexity index is 1110. The van der Waals surface area contributed by atoms with Gasteiger partial charge in [0, 0.05) is 35.9 Å². The summed E-state index contributed by atoms with van der Waals surface area (Å²) in [5.74, 6) is 0.871. The molecule has 2 aromatic carbocycles. The Hall–Kier alpha value is -3.71. The summed E-state index contributed by atoms with van der Waals surface area (Å²) in [5, 5.41) is 9.30. The number of para-hydroxylation sites is 2. The lowest BCUT2D eigenvalue weighted by molar-refractivity contribution is -0.115. The topological polar surface area (TPSA) is 63.9 Å². The van der Waals surface area contributed by atoms with Crippen LogP contribution in [-0.2, 0) is 11.3 Å². The third-order valence-corrected chi connectivity index (χ3v) is 5.50. The fourth-order valence-electron chi connectivity index (χ4n) is 3.18. The number of anilines is 2. The number of amides is 1. The first kappa shape index (κ1) is 20.6. The Balaban J connectivity index is 1.58. The zero-order valence-electron chi connectivity index (χ0n) is 16.8. The summed E-state index contributed by atoms with van der Waals surface area (Å²) in [6.45, 7) is 4.37. The number of carbonyl (C=O) groups is 1. The van der Waals surface area contributed by atoms with E-state index in [1.807, 2.05) is 77.4 Å². The maximum absolute atomic E-state index is 13.3. The van der Waals surface area contributed by atoms with Gasteiger partial charge in [0.05, 0.1) is 5.75 Å². The molecule has 2 aromatic heterocycles. The molecule has 1 amide bonds. The van der Waals surface area contributed by atoms with Gasteiger partial charge in [-0.05, 0) is 36.4 Å². The van der Waals surface area contributed by atoms with Gasteiger partial charge in [0.15, 0.2) is 11.0 Å². The van der Waals surface area contributed by atoms with Gasteiger partial charge in [-0.25, -0.2) is 0 Å². The molecule has 4 rings (SSSR count). The SMILES string of the molecule is C=CCn1c(SCC(=O)N(c2ccccc2)c2ccccc2)nnc1-c1cccnc1. The molecule has 0 aliphatic carbocycles. The average Bonchev–Trinajstić information content (AvgIpc) is 3.23. The van der Waals surface area contributed by atoms with Crippen LogP contribution in [0.3, 0.4) is 0 Å². The molecular formula is C24H21N5OS. The Labute approximate surface area is 185 Å². The first-order chi connectivity index (χ1) is 15.3. The van der Waals surface area contributed by atoms with E-state index in [-0.39, 0.29) is 11.7 Å². The highest BCUT2D eigenvalue weighted by atomic mass is 32.2. The number of hydrogen-bond acceptors (Lipinski definition) is 5. The van der Waals surface area contributed by atoms with E-state index in [4.69, 9.17) is 0 Å². The fourth-order valence-corrected chi connectivity index (χ4v) is 3.98. The minimum Gasteiger partial charge on any atom is -0.298 e. The number of allylic oxidation sites excluding steroid dienone is 1. The molecule has 0 aliphatic rings. The maximum atomic E-state index is 13.3. The van der Waals surface area contributed by atoms with Gasteiger partial charge in [0.25, 0.3) is 0 Å². The first-order valence-electron chi connectivity index (χ1n) is 9.78. The fraction of sp³-hybridized carbons (Fsp3) is 0.0833. The van der Waals surface area contributed by atoms with Gasteiger partial charge in [0.1, 0.15) is 0 Å². The average molecular weight is 428 g/mol. The van der Waals surface area contributed by atoms with Crippen molar-refractivity contribution in [2.24, 2.45) is 0 Å². The van der Waals surface area contributed by atoms with Gasteiger partial charge in [-0.15, -0.1) is 16.8 Å². The molecule has 0 fully saturated rings. The van der Waals surface area contributed by atoms with Gasteiger partial charge in [-0.3, -0.25) is 19.2 Å². The highest BCUT2D eigenvalue weighted by Gasteiger charge is 2.20. The number of nitrogens with zero attached hydrogens (tertiary/aromatic N) is 5. The highest BCUT2D eigenvalue weighted by molar-refractivity contribution is 7.99. The molecule has 31 heavy (non-hydrogen) atoms. The minimum atomic E-state index is -0.0431. The van der Waals surface area contributed by atoms with Gasteiger partial charge in [-0.2, -0.15) is 0 Å². The second kappa shape index (κ2) is 9.86. The lowest BCUT2D eigenvalue weighted by atomic mass is 10.2. The van der Waals surface area contributed by atoms with Crippen molar-refractivity contribution in [3.8, 4) is 11.4 Å². The predicted octanol–water partition coefficient (Wildman–Crippen LogP) is 4.98. The molecule has 0 radical (unpaired) electrons. The molecule has 7 heteroatoms. The van der Waals surface area contributed by atoms with Crippen LogP contribution in [0.5, 0.6) is 0 Å². The van der Waals surface area contributed by atoms with Crippen molar-refractivity contribution in [3.63, 3.8) is 0 Å². The van der Waals surface area contributed by atoms with E-state index in [1.54, 1.807) is 23.4 Å². The lowest BCUT2D eigenvalue weighted by Gasteiger charge is -2.23. The van der Waals surface area contributed by atoms with Crippen molar-refractivity contribution in [1.29, 1.82) is 0 Å². The van der Waals surface area contributed by atoms with Crippen LogP contribution in [0.25, 0.3) is 11.4 Å². The summed E-state index contributed by atoms with van der Waals surface area (Å²) in [7, 11) is 0. The van der Waals surface area contributed by atoms with Crippen molar-refractivity contribution >= 4 is 29.0 Å². The van der Waals surface area contributed by atoms with E-state index in [0.717, 1.165) is 16.9 Å². The lowest BCUT2D eigenvalue weighted by Crippen LogP contribution is -2.27. The Morgan fingerprint density at radius 3 is 2.23 bits per heavy atom. The third kappa shape index (κ3) is 4.73. The molecule has 0 saturated heterocycles. The number of benzene rings is 2. The van der Waals surface area contributed by atoms with E-state index in [0.29, 0.717) is 17.5 Å². The predicted molar refractivity (Wildman–Crippen MR) is 124 cm³/mol. The number of carbonyl (C=O) groups excluding carboxylic acids is 1. The van der Waals surface area contributed by atoms with E-state index in [9.17, 15) is 4.79 Å². The summed E-state index contributed by atoms with van der Waals surface area (Å²) < 4.78 is 1.94. The Morgan fingerprint density at radius 2 is 1.65 bits per heavy atom. The van der Waals surface area contributed by atoms with E-state index >= 15 is 0 Å². The van der Waals surface area contributed by atoms with Crippen molar-refractivity contribution in [1.82, 2.24) is 19.7 Å². The van der Waals surface area contributed by atoms with Crippen LogP contribution in [0.1, 0.15) is 0 Å². The summed E-state index contributed by atoms with van der Waals surface area (Å²) in [6, 6.07) is 23.1. The number of rotatable bonds is 8. The summed E-state index contributed by atoms with van der Waals surface area (Å²) in [4.78, 5) is 19.2. The number of hydrogen-bond donors (Lipinski definition) is 0. The van der Waals surface area contributed by atoms with Crippen molar-refractivity contribution < 1.29 is 4.79 Å². The molecule has 0 bridgehead atoms. The van der Waals surface area contributed by atoms with Gasteiger partial charge < -0.3 is 0 Å². The molecule has 6 nitrogen and oxygen atoms in total. The van der Waals surface area contributed by atoms with Crippen LogP contribution in [0.2, 0.25) is 0 Å². The molecular weight excluding hydrogens is 406 g/mol. The normalized spacial score (nSPS) is 10.6. The third-order valence-electron chi connectivity index (χ3n) is 4.55. The molecule has 0 unspecified atom stereocenters. The molecule has 154 valence electrons. The molecule has 0 N–H and O–H groups in total. The van der Waals surface area contributed by atoms with Crippen LogP contribution < -0.4 is 4.90 Å². The Kier molecular flexibility index (Phi) is 6.54. The van der Waals surface area contributed by atoms with Crippen molar-refractivity contribution in [2.45, 2.75) is 11.7 Å². The van der Waals surface area contributed by atoms with Crippen molar-refractivity contribution in [3.05, 3.63) is 97.8 Å². The van der Waals surface area contributed by atoms with Crippen LogP contribution >= 0.6 is 11.8 Å². The minimum absolute atomic E-state index is 0.0431. The summed E-state index contributed by atoms with van der Waals surface area (Å²) >= 11 is 1.36. The second-order valence-electron chi connectivity index (χ2n) is 6.64. The van der Waals surface area contributed by atoms with E-state index in [2.05, 4.69) is 21.8 Å². The largest absolute Gasteiger partial charge is 0.298 e. The molecule has 0 atom stereocenters. The van der Waals surface area contributed by atoms with Crippen LogP contribution in [-0.4, -0.2) is 31.4 Å². The number of aromatic nitrogens is 4. The van der Waals surface area contributed by atoms with E-state index in [1.165, 1.54) is 11.8 Å². The number of thioether (sulfide) groups is 1. The van der Waals surface area contributed by atoms with Gasteiger partial charge >= 0.3 is 0 Å². The van der Waals surface area contributed by atoms with E-state index < -0.39 is 0 Å². The highest BCUT2D eigenvalue weighted by Crippen LogP contribution is 2.28. The zero-order valence-corrected chi connectivity index (χ0v) is 17.7. The van der Waals surface area contributed by atoms with Crippen molar-refractivity contribution in [2.75, 3.05) is 10.7 Å². The quantitative estimate of drug-likeness (QED) is 0.293.